The highest BCUT2D eigenvalue weighted by atomic mass is 19.1. The molecule has 306 valence electrons. The van der Waals surface area contributed by atoms with Crippen molar-refractivity contribution in [2.75, 3.05) is 31.6 Å². The zero-order valence-corrected chi connectivity index (χ0v) is 31.6. The Morgan fingerprint density at radius 1 is 0.877 bits per heavy atom. The highest BCUT2D eigenvalue weighted by Gasteiger charge is 2.47. The third-order valence-electron chi connectivity index (χ3n) is 10.8. The van der Waals surface area contributed by atoms with Gasteiger partial charge >= 0.3 is 12.0 Å². The van der Waals surface area contributed by atoms with Gasteiger partial charge in [0.15, 0.2) is 0 Å². The van der Waals surface area contributed by atoms with Crippen LogP contribution in [0.5, 0.6) is 0 Å². The normalized spacial score (nSPS) is 27.8. The molecule has 4 fully saturated rings. The first-order chi connectivity index (χ1) is 27.2. The molecular weight excluding hydrogens is 748 g/mol. The molecule has 0 aliphatic carbocycles. The first-order valence-electron chi connectivity index (χ1n) is 19.1. The molecule has 2 aromatic rings. The minimum Gasteiger partial charge on any atom is -0.461 e. The van der Waals surface area contributed by atoms with Gasteiger partial charge in [0, 0.05) is 44.2 Å². The number of carbonyl (C=O) groups is 7. The van der Waals surface area contributed by atoms with Crippen LogP contribution in [0.3, 0.4) is 0 Å². The third kappa shape index (κ3) is 9.67. The van der Waals surface area contributed by atoms with Crippen molar-refractivity contribution in [1.82, 2.24) is 30.7 Å². The number of carbonyl (C=O) groups excluding carboxylic acids is 7. The van der Waals surface area contributed by atoms with Crippen molar-refractivity contribution < 1.29 is 52.2 Å². The number of nitrogens with one attached hydrogen (secondary N) is 4. The number of hydrogen-bond donors (Lipinski definition) is 5. The molecule has 0 radical (unpaired) electrons. The lowest BCUT2D eigenvalue weighted by atomic mass is 9.99. The Kier molecular flexibility index (Phi) is 12.7. The summed E-state index contributed by atoms with van der Waals surface area (Å²) >= 11 is 0. The smallest absolute Gasteiger partial charge is 0.328 e. The predicted molar refractivity (Wildman–Crippen MR) is 198 cm³/mol. The molecular formula is C39H47F2N7O9. The number of cyclic esters (lactones) is 1. The second kappa shape index (κ2) is 17.7. The largest absolute Gasteiger partial charge is 0.461 e. The van der Waals surface area contributed by atoms with E-state index in [0.29, 0.717) is 24.6 Å². The molecule has 8 atom stereocenters. The monoisotopic (exact) mass is 795 g/mol. The number of hydrogen-bond acceptors (Lipinski definition) is 9. The molecule has 4 aliphatic heterocycles. The molecule has 6 rings (SSSR count). The minimum absolute atomic E-state index is 0.00815. The van der Waals surface area contributed by atoms with Gasteiger partial charge in [0.25, 0.3) is 0 Å². The number of anilines is 1. The molecule has 57 heavy (non-hydrogen) atoms. The average molecular weight is 796 g/mol. The molecule has 0 spiro atoms. The maximum Gasteiger partial charge on any atom is 0.328 e. The van der Waals surface area contributed by atoms with E-state index in [1.165, 1.54) is 16.7 Å². The average Bonchev–Trinajstić information content (AvgIpc) is 3.77. The molecule has 7 amide bonds. The van der Waals surface area contributed by atoms with Gasteiger partial charge in [0.05, 0.1) is 6.10 Å². The topological polar surface area (TPSA) is 207 Å². The summed E-state index contributed by atoms with van der Waals surface area (Å²) < 4.78 is 34.1. The van der Waals surface area contributed by atoms with Gasteiger partial charge in [-0.05, 0) is 68.4 Å². The van der Waals surface area contributed by atoms with E-state index in [1.54, 1.807) is 30.3 Å². The van der Waals surface area contributed by atoms with Gasteiger partial charge in [0.2, 0.25) is 29.5 Å². The van der Waals surface area contributed by atoms with Crippen LogP contribution in [0.2, 0.25) is 0 Å². The summed E-state index contributed by atoms with van der Waals surface area (Å²) in [6.45, 7) is 2.58. The van der Waals surface area contributed by atoms with Gasteiger partial charge in [-0.2, -0.15) is 0 Å². The number of esters is 1. The van der Waals surface area contributed by atoms with E-state index >= 15 is 0 Å². The van der Waals surface area contributed by atoms with Gasteiger partial charge in [-0.1, -0.05) is 25.1 Å². The Hall–Kier alpha value is -5.65. The Balaban J connectivity index is 1.33. The van der Waals surface area contributed by atoms with Gasteiger partial charge in [-0.15, -0.1) is 0 Å². The molecule has 0 bridgehead atoms. The Labute approximate surface area is 327 Å². The van der Waals surface area contributed by atoms with Crippen LogP contribution in [-0.2, 0) is 39.9 Å². The number of aliphatic hydroxyl groups is 1. The lowest BCUT2D eigenvalue weighted by Gasteiger charge is -2.39. The molecule has 5 N–H and O–H groups in total. The standard InChI is InChI=1S/C39H47F2N7O9/c1-21-12-32-38(55)57-20-29(44-33(50)28(15-23-13-24(40)16-25(41)14-23)45-39(56)43-26-8-4-3-5-9-26)36(53)48-19-27(49)17-31(48)37(54)46-11-7-6-10-30(46)34(51)42-22(2)35(52)47(32)18-21/h3-5,8-9,13-14,16,21-22,27-32,49H,6-7,10-12,15,17-20H2,1-2H3,(H,42,51)(H,44,50)(H2,43,45,56)/t21-,22+,27-,28+,29+,30+,31+,32+/m1/s1. The highest BCUT2D eigenvalue weighted by Crippen LogP contribution is 2.28. The fourth-order valence-electron chi connectivity index (χ4n) is 8.01. The molecule has 0 aromatic heterocycles. The Morgan fingerprint density at radius 3 is 2.30 bits per heavy atom. The van der Waals surface area contributed by atoms with Gasteiger partial charge < -0.3 is 45.8 Å². The quantitative estimate of drug-likeness (QED) is 0.262. The summed E-state index contributed by atoms with van der Waals surface area (Å²) in [5.74, 6) is -6.54. The third-order valence-corrected chi connectivity index (χ3v) is 10.8. The summed E-state index contributed by atoms with van der Waals surface area (Å²) in [6.07, 6.45) is -0.101. The van der Waals surface area contributed by atoms with Gasteiger partial charge in [0.1, 0.15) is 54.5 Å². The van der Waals surface area contributed by atoms with Crippen LogP contribution in [0.1, 0.15) is 51.5 Å². The molecule has 4 heterocycles. The van der Waals surface area contributed by atoms with Crippen molar-refractivity contribution in [3.63, 3.8) is 0 Å². The summed E-state index contributed by atoms with van der Waals surface area (Å²) in [7, 11) is 0. The molecule has 18 heteroatoms. The highest BCUT2D eigenvalue weighted by molar-refractivity contribution is 5.98. The number of amides is 7. The van der Waals surface area contributed by atoms with Crippen LogP contribution in [-0.4, -0.2) is 130 Å². The SMILES string of the molecule is C[C@@H]1C[C@H]2C(=O)OC[C@H](NC(=O)[C@H](Cc3cc(F)cc(F)c3)NC(=O)Nc3ccccc3)C(=O)N3C[C@H](O)C[C@H]3C(=O)N3CCCC[C@H]3C(=O)N[C@@H](C)C(=O)N2C1. The zero-order valence-electron chi connectivity index (χ0n) is 31.6. The summed E-state index contributed by atoms with van der Waals surface area (Å²) in [5, 5.41) is 21.1. The number of fused-ring (bicyclic) bond motifs is 3. The fraction of sp³-hybridized carbons (Fsp3) is 0.513. The van der Waals surface area contributed by atoms with Crippen LogP contribution in [0.15, 0.2) is 48.5 Å². The van der Waals surface area contributed by atoms with E-state index in [1.807, 2.05) is 6.92 Å². The minimum atomic E-state index is -1.71. The molecule has 0 saturated carbocycles. The van der Waals surface area contributed by atoms with E-state index in [9.17, 15) is 47.4 Å². The van der Waals surface area contributed by atoms with Crippen molar-refractivity contribution >= 4 is 47.2 Å². The number of nitrogens with zero attached hydrogens (tertiary/aromatic N) is 3. The summed E-state index contributed by atoms with van der Waals surface area (Å²) in [4.78, 5) is 101. The number of rotatable bonds is 6. The van der Waals surface area contributed by atoms with Gasteiger partial charge in [-0.25, -0.2) is 18.4 Å². The van der Waals surface area contributed by atoms with E-state index in [2.05, 4.69) is 21.3 Å². The molecule has 2 aromatic carbocycles. The Morgan fingerprint density at radius 2 is 1.58 bits per heavy atom. The predicted octanol–water partition coefficient (Wildman–Crippen LogP) is 0.824. The second-order valence-corrected chi connectivity index (χ2v) is 15.2. The molecule has 0 unspecified atom stereocenters. The van der Waals surface area contributed by atoms with Crippen LogP contribution in [0, 0.1) is 17.6 Å². The zero-order chi connectivity index (χ0) is 41.0. The van der Waals surface area contributed by atoms with Gasteiger partial charge in [-0.3, -0.25) is 24.0 Å². The van der Waals surface area contributed by atoms with Crippen LogP contribution < -0.4 is 21.3 Å². The number of urea groups is 1. The van der Waals surface area contributed by atoms with Crippen molar-refractivity contribution in [2.45, 2.75) is 94.7 Å². The van der Waals surface area contributed by atoms with E-state index < -0.39 is 109 Å². The van der Waals surface area contributed by atoms with Crippen LogP contribution >= 0.6 is 0 Å². The number of halogens is 2. The number of piperidine rings is 1. The van der Waals surface area contributed by atoms with Crippen molar-refractivity contribution in [1.29, 1.82) is 0 Å². The fourth-order valence-corrected chi connectivity index (χ4v) is 8.01. The maximum atomic E-state index is 14.5. The van der Waals surface area contributed by atoms with Crippen molar-refractivity contribution in [3.8, 4) is 0 Å². The lowest BCUT2D eigenvalue weighted by molar-refractivity contribution is -0.158. The van der Waals surface area contributed by atoms with Crippen LogP contribution in [0.25, 0.3) is 0 Å². The number of benzene rings is 2. The van der Waals surface area contributed by atoms with Crippen molar-refractivity contribution in [2.24, 2.45) is 5.92 Å². The molecule has 4 saturated heterocycles. The van der Waals surface area contributed by atoms with E-state index in [-0.39, 0.29) is 50.4 Å². The Bertz CT molecular complexity index is 1870. The van der Waals surface area contributed by atoms with E-state index in [0.717, 1.165) is 17.0 Å². The first kappa shape index (κ1) is 41.0. The first-order valence-corrected chi connectivity index (χ1v) is 19.1. The lowest BCUT2D eigenvalue weighted by Crippen LogP contribution is -2.62. The van der Waals surface area contributed by atoms with Crippen LogP contribution in [0.4, 0.5) is 19.3 Å². The molecule has 4 aliphatic rings. The number of ether oxygens (including phenoxy) is 1. The molecule has 16 nitrogen and oxygen atoms in total. The maximum absolute atomic E-state index is 14.5. The summed E-state index contributed by atoms with van der Waals surface area (Å²) in [6, 6.07) is 2.30. The summed E-state index contributed by atoms with van der Waals surface area (Å²) in [5.41, 5.74) is 0.358. The van der Waals surface area contributed by atoms with Crippen molar-refractivity contribution in [3.05, 3.63) is 65.7 Å². The second-order valence-electron chi connectivity index (χ2n) is 15.2. The van der Waals surface area contributed by atoms with E-state index in [4.69, 9.17) is 4.74 Å². The number of aliphatic hydroxyl groups excluding tert-OH is 1. The number of para-hydroxylation sites is 1.